The molecular formula is C30H24N12S. The van der Waals surface area contributed by atoms with Gasteiger partial charge >= 0.3 is 0 Å². The van der Waals surface area contributed by atoms with Crippen molar-refractivity contribution in [2.45, 2.75) is 6.92 Å². The fourth-order valence-electron chi connectivity index (χ4n) is 4.45. The lowest BCUT2D eigenvalue weighted by Crippen LogP contribution is -2.02. The van der Waals surface area contributed by atoms with Crippen molar-refractivity contribution in [1.82, 2.24) is 45.3 Å². The summed E-state index contributed by atoms with van der Waals surface area (Å²) in [7, 11) is 0. The Bertz CT molecular complexity index is 2150. The molecule has 0 spiro atoms. The van der Waals surface area contributed by atoms with E-state index in [1.54, 1.807) is 23.9 Å². The third-order valence-electron chi connectivity index (χ3n) is 6.44. The van der Waals surface area contributed by atoms with Crippen molar-refractivity contribution >= 4 is 78.3 Å². The van der Waals surface area contributed by atoms with Crippen LogP contribution in [0.1, 0.15) is 5.69 Å². The highest BCUT2D eigenvalue weighted by molar-refractivity contribution is 7.16. The summed E-state index contributed by atoms with van der Waals surface area (Å²) in [5.74, 6) is 3.52. The van der Waals surface area contributed by atoms with Gasteiger partial charge in [-0.05, 0) is 49.4 Å². The maximum atomic E-state index is 4.65. The van der Waals surface area contributed by atoms with Gasteiger partial charge in [-0.2, -0.15) is 15.2 Å². The maximum absolute atomic E-state index is 4.65. The molecule has 0 saturated carbocycles. The van der Waals surface area contributed by atoms with Gasteiger partial charge in [0.15, 0.2) is 5.82 Å². The molecule has 0 atom stereocenters. The third kappa shape index (κ3) is 5.78. The fraction of sp³-hybridized carbons (Fsp3) is 0.0333. The Labute approximate surface area is 248 Å². The number of nitrogens with one attached hydrogen (secondary N) is 5. The van der Waals surface area contributed by atoms with Crippen molar-refractivity contribution in [2.75, 3.05) is 16.0 Å². The minimum Gasteiger partial charge on any atom is -0.325 e. The molecule has 3 aromatic carbocycles. The summed E-state index contributed by atoms with van der Waals surface area (Å²) < 4.78 is 1.12. The number of rotatable bonds is 6. The first kappa shape index (κ1) is 26.0. The van der Waals surface area contributed by atoms with Gasteiger partial charge in [-0.25, -0.2) is 19.9 Å². The summed E-state index contributed by atoms with van der Waals surface area (Å²) in [5.41, 5.74) is 6.52. The number of aromatic nitrogens is 9. The molecule has 43 heavy (non-hydrogen) atoms. The maximum Gasteiger partial charge on any atom is 0.229 e. The third-order valence-corrected chi connectivity index (χ3v) is 7.23. The molecule has 0 saturated heterocycles. The van der Waals surface area contributed by atoms with Gasteiger partial charge in [0.1, 0.15) is 23.8 Å². The number of aryl methyl sites for hydroxylation is 1. The lowest BCUT2D eigenvalue weighted by molar-refractivity contribution is 1.05. The van der Waals surface area contributed by atoms with E-state index in [4.69, 9.17) is 0 Å². The number of H-pyrrole nitrogens is 2. The number of hydrogen-bond acceptors (Lipinski definition) is 11. The van der Waals surface area contributed by atoms with Crippen molar-refractivity contribution in [2.24, 2.45) is 0 Å². The van der Waals surface area contributed by atoms with Gasteiger partial charge in [0.05, 0.1) is 33.0 Å². The number of thiazole rings is 1. The van der Waals surface area contributed by atoms with Crippen LogP contribution in [0.15, 0.2) is 96.9 Å². The van der Waals surface area contributed by atoms with Gasteiger partial charge in [-0.1, -0.05) is 24.3 Å². The zero-order valence-electron chi connectivity index (χ0n) is 22.8. The summed E-state index contributed by atoms with van der Waals surface area (Å²) in [6, 6.07) is 25.5. The van der Waals surface area contributed by atoms with E-state index in [9.17, 15) is 0 Å². The molecule has 0 aliphatic heterocycles. The Balaban J connectivity index is 0.000000153. The minimum atomic E-state index is 0.523. The highest BCUT2D eigenvalue weighted by Gasteiger charge is 2.10. The zero-order valence-corrected chi connectivity index (χ0v) is 23.6. The average Bonchev–Trinajstić information content (AvgIpc) is 3.81. The molecule has 5 aromatic heterocycles. The molecular weight excluding hydrogens is 560 g/mol. The summed E-state index contributed by atoms with van der Waals surface area (Å²) in [4.78, 5) is 22.0. The summed E-state index contributed by atoms with van der Waals surface area (Å²) in [6.45, 7) is 1.95. The van der Waals surface area contributed by atoms with Gasteiger partial charge in [0.2, 0.25) is 5.95 Å². The quantitative estimate of drug-likeness (QED) is 0.140. The Hall–Kier alpha value is -5.95. The fourth-order valence-corrected chi connectivity index (χ4v) is 5.17. The number of hydrogen-bond donors (Lipinski definition) is 5. The van der Waals surface area contributed by atoms with E-state index in [2.05, 4.69) is 61.3 Å². The highest BCUT2D eigenvalue weighted by atomic mass is 32.1. The van der Waals surface area contributed by atoms with Crippen LogP contribution in [0.4, 0.5) is 34.9 Å². The van der Waals surface area contributed by atoms with Crippen molar-refractivity contribution < 1.29 is 0 Å². The largest absolute Gasteiger partial charge is 0.325 e. The summed E-state index contributed by atoms with van der Waals surface area (Å²) in [6.07, 6.45) is 3.24. The van der Waals surface area contributed by atoms with Crippen LogP contribution in [0.5, 0.6) is 0 Å². The second-order valence-corrected chi connectivity index (χ2v) is 10.4. The van der Waals surface area contributed by atoms with Crippen LogP contribution in [0.25, 0.3) is 32.0 Å². The van der Waals surface area contributed by atoms with E-state index in [0.717, 1.165) is 60.9 Å². The molecule has 13 heteroatoms. The van der Waals surface area contributed by atoms with Gasteiger partial charge in [-0.3, -0.25) is 10.2 Å². The molecule has 0 aliphatic rings. The number of fused-ring (bicyclic) bond motifs is 3. The molecule has 0 unspecified atom stereocenters. The number of benzene rings is 3. The second kappa shape index (κ2) is 11.5. The Morgan fingerprint density at radius 1 is 0.698 bits per heavy atom. The monoisotopic (exact) mass is 584 g/mol. The van der Waals surface area contributed by atoms with Gasteiger partial charge in [-0.15, -0.1) is 11.3 Å². The smallest absolute Gasteiger partial charge is 0.229 e. The van der Waals surface area contributed by atoms with Gasteiger partial charge < -0.3 is 16.0 Å². The molecule has 8 rings (SSSR count). The molecule has 210 valence electrons. The topological polar surface area (TPSA) is 158 Å². The van der Waals surface area contributed by atoms with E-state index in [-0.39, 0.29) is 0 Å². The van der Waals surface area contributed by atoms with E-state index >= 15 is 0 Å². The molecule has 12 nitrogen and oxygen atoms in total. The first-order valence-corrected chi connectivity index (χ1v) is 14.2. The molecule has 5 heterocycles. The van der Waals surface area contributed by atoms with Crippen LogP contribution >= 0.6 is 11.3 Å². The molecule has 0 amide bonds. The first-order valence-electron chi connectivity index (χ1n) is 13.3. The van der Waals surface area contributed by atoms with Crippen LogP contribution in [0.2, 0.25) is 0 Å². The number of nitrogens with zero attached hydrogens (tertiary/aromatic N) is 7. The van der Waals surface area contributed by atoms with Crippen LogP contribution in [-0.2, 0) is 0 Å². The standard InChI is InChI=1S/C18H13N7S.C12H11N5/c1-2-4-13-12(3-1)17(23-16-7-8-20-25-16)24-18(22-13)21-11-5-6-14-15(9-11)26-10-19-14;1-8-6-11(17-16-8)15-12-9-4-2-3-5-10(9)13-7-14-12/h1-10H,(H3,20,21,22,23,24,25);2-7H,1H3,(H2,13,14,15,16,17). The zero-order chi connectivity index (χ0) is 29.0. The second-order valence-electron chi connectivity index (χ2n) is 9.47. The van der Waals surface area contributed by atoms with Crippen LogP contribution < -0.4 is 16.0 Å². The van der Waals surface area contributed by atoms with E-state index in [0.29, 0.717) is 11.8 Å². The lowest BCUT2D eigenvalue weighted by Gasteiger charge is -2.11. The predicted molar refractivity (Wildman–Crippen MR) is 170 cm³/mol. The summed E-state index contributed by atoms with van der Waals surface area (Å²) in [5, 5.41) is 25.5. The van der Waals surface area contributed by atoms with Crippen molar-refractivity contribution in [3.05, 3.63) is 103 Å². The molecule has 0 bridgehead atoms. The molecule has 5 N–H and O–H groups in total. The number of para-hydroxylation sites is 2. The molecule has 8 aromatic rings. The normalized spacial score (nSPS) is 10.9. The average molecular weight is 585 g/mol. The predicted octanol–water partition coefficient (Wildman–Crippen LogP) is 6.85. The van der Waals surface area contributed by atoms with E-state index in [1.807, 2.05) is 91.3 Å². The van der Waals surface area contributed by atoms with Gasteiger partial charge in [0.25, 0.3) is 0 Å². The SMILES string of the molecule is Cc1cc(Nc2ncnc3ccccc23)n[nH]1.c1ccc2c(Nc3ccn[nH]3)nc(Nc3ccc4ncsc4c3)nc2c1. The summed E-state index contributed by atoms with van der Waals surface area (Å²) >= 11 is 1.61. The minimum absolute atomic E-state index is 0.523. The number of anilines is 6. The highest BCUT2D eigenvalue weighted by Crippen LogP contribution is 2.28. The van der Waals surface area contributed by atoms with Crippen molar-refractivity contribution in [3.63, 3.8) is 0 Å². The van der Waals surface area contributed by atoms with Crippen LogP contribution in [0, 0.1) is 6.92 Å². The molecule has 0 fully saturated rings. The van der Waals surface area contributed by atoms with E-state index in [1.165, 1.54) is 0 Å². The number of aromatic amines is 2. The van der Waals surface area contributed by atoms with Crippen LogP contribution in [0.3, 0.4) is 0 Å². The first-order chi connectivity index (χ1) is 21.2. The molecule has 0 aliphatic carbocycles. The van der Waals surface area contributed by atoms with Crippen molar-refractivity contribution in [3.8, 4) is 0 Å². The Kier molecular flexibility index (Phi) is 6.95. The molecule has 0 radical (unpaired) electrons. The van der Waals surface area contributed by atoms with Gasteiger partial charge in [0, 0.05) is 34.3 Å². The Morgan fingerprint density at radius 2 is 1.53 bits per heavy atom. The lowest BCUT2D eigenvalue weighted by atomic mass is 10.2. The van der Waals surface area contributed by atoms with Crippen LogP contribution in [-0.4, -0.2) is 45.3 Å². The van der Waals surface area contributed by atoms with E-state index < -0.39 is 0 Å². The van der Waals surface area contributed by atoms with Crippen molar-refractivity contribution in [1.29, 1.82) is 0 Å². The Morgan fingerprint density at radius 3 is 2.35 bits per heavy atom.